The summed E-state index contributed by atoms with van der Waals surface area (Å²) in [6.45, 7) is 2.52. The van der Waals surface area contributed by atoms with E-state index in [0.717, 1.165) is 0 Å². The predicted molar refractivity (Wildman–Crippen MR) is 71.1 cm³/mol. The summed E-state index contributed by atoms with van der Waals surface area (Å²) in [5, 5.41) is 11.8. The van der Waals surface area contributed by atoms with Crippen LogP contribution in [0, 0.1) is 0 Å². The van der Waals surface area contributed by atoms with Crippen molar-refractivity contribution in [1.29, 1.82) is 0 Å². The first-order valence-corrected chi connectivity index (χ1v) is 6.00. The van der Waals surface area contributed by atoms with Crippen molar-refractivity contribution in [2.75, 3.05) is 18.5 Å². The molecule has 1 rings (SSSR count). The number of hydrogen-bond acceptors (Lipinski definition) is 4. The van der Waals surface area contributed by atoms with Crippen LogP contribution in [0.4, 0.5) is 5.69 Å². The molecule has 104 valence electrons. The van der Waals surface area contributed by atoms with E-state index >= 15 is 0 Å². The number of primary amides is 1. The number of carboxylic acids is 1. The lowest BCUT2D eigenvalue weighted by Gasteiger charge is -2.17. The molecule has 0 spiro atoms. The molecule has 1 amide bonds. The maximum atomic E-state index is 11.2. The third-order valence-corrected chi connectivity index (χ3v) is 2.52. The van der Waals surface area contributed by atoms with Gasteiger partial charge in [-0.2, -0.15) is 0 Å². The smallest absolute Gasteiger partial charge is 0.306 e. The highest BCUT2D eigenvalue weighted by atomic mass is 16.5. The van der Waals surface area contributed by atoms with E-state index in [1.54, 1.807) is 31.2 Å². The van der Waals surface area contributed by atoms with Crippen LogP contribution in [0.15, 0.2) is 24.3 Å². The summed E-state index contributed by atoms with van der Waals surface area (Å²) in [5.41, 5.74) is 6.20. The van der Waals surface area contributed by atoms with Crippen LogP contribution >= 0.6 is 0 Å². The van der Waals surface area contributed by atoms with Crippen molar-refractivity contribution in [2.24, 2.45) is 5.73 Å². The summed E-state index contributed by atoms with van der Waals surface area (Å²) in [7, 11) is 0. The minimum atomic E-state index is -0.927. The van der Waals surface area contributed by atoms with Gasteiger partial charge in [-0.15, -0.1) is 0 Å². The van der Waals surface area contributed by atoms with Crippen LogP contribution < -0.4 is 11.1 Å². The van der Waals surface area contributed by atoms with Crippen LogP contribution in [0.3, 0.4) is 0 Å². The van der Waals surface area contributed by atoms with Crippen molar-refractivity contribution in [3.05, 3.63) is 29.8 Å². The molecule has 0 aliphatic heterocycles. The summed E-state index contributed by atoms with van der Waals surface area (Å²) in [5.74, 6) is -1.46. The zero-order valence-electron chi connectivity index (χ0n) is 10.8. The maximum Gasteiger partial charge on any atom is 0.306 e. The van der Waals surface area contributed by atoms with E-state index in [4.69, 9.17) is 15.6 Å². The molecule has 0 radical (unpaired) electrons. The monoisotopic (exact) mass is 266 g/mol. The largest absolute Gasteiger partial charge is 0.481 e. The highest BCUT2D eigenvalue weighted by Gasteiger charge is 2.14. The minimum Gasteiger partial charge on any atom is -0.481 e. The first-order valence-electron chi connectivity index (χ1n) is 6.00. The van der Waals surface area contributed by atoms with E-state index in [9.17, 15) is 9.59 Å². The second-order valence-electron chi connectivity index (χ2n) is 3.97. The number of anilines is 1. The van der Waals surface area contributed by atoms with E-state index in [1.165, 1.54) is 0 Å². The number of nitrogens with two attached hydrogens (primary N) is 1. The number of amides is 1. The highest BCUT2D eigenvalue weighted by Crippen LogP contribution is 2.14. The first kappa shape index (κ1) is 15.0. The normalized spacial score (nSPS) is 11.8. The fraction of sp³-hybridized carbons (Fsp3) is 0.385. The van der Waals surface area contributed by atoms with Gasteiger partial charge < -0.3 is 20.9 Å². The van der Waals surface area contributed by atoms with Crippen molar-refractivity contribution in [1.82, 2.24) is 0 Å². The Kier molecular flexibility index (Phi) is 5.81. The van der Waals surface area contributed by atoms with Gasteiger partial charge in [-0.1, -0.05) is 12.1 Å². The van der Waals surface area contributed by atoms with Crippen LogP contribution in [-0.4, -0.2) is 36.2 Å². The summed E-state index contributed by atoms with van der Waals surface area (Å²) < 4.78 is 5.32. The Morgan fingerprint density at radius 3 is 2.68 bits per heavy atom. The molecule has 6 nitrogen and oxygen atoms in total. The number of nitrogens with one attached hydrogen (secondary N) is 1. The summed E-state index contributed by atoms with van der Waals surface area (Å²) >= 11 is 0. The second-order valence-corrected chi connectivity index (χ2v) is 3.97. The molecule has 6 heteroatoms. The Bertz CT molecular complexity index is 448. The van der Waals surface area contributed by atoms with Crippen molar-refractivity contribution < 1.29 is 19.4 Å². The molecule has 0 saturated heterocycles. The van der Waals surface area contributed by atoms with Crippen LogP contribution in [0.5, 0.6) is 0 Å². The fourth-order valence-electron chi connectivity index (χ4n) is 1.70. The molecule has 1 aromatic rings. The number of para-hydroxylation sites is 1. The van der Waals surface area contributed by atoms with E-state index in [-0.39, 0.29) is 6.42 Å². The Morgan fingerprint density at radius 1 is 1.42 bits per heavy atom. The zero-order chi connectivity index (χ0) is 14.3. The lowest BCUT2D eigenvalue weighted by Crippen LogP contribution is -2.27. The molecule has 0 bridgehead atoms. The van der Waals surface area contributed by atoms with Gasteiger partial charge in [0.25, 0.3) is 5.91 Å². The van der Waals surface area contributed by atoms with Crippen LogP contribution in [0.25, 0.3) is 0 Å². The number of carbonyl (C=O) groups excluding carboxylic acids is 1. The van der Waals surface area contributed by atoms with Gasteiger partial charge in [-0.3, -0.25) is 9.59 Å². The molecule has 4 N–H and O–H groups in total. The lowest BCUT2D eigenvalue weighted by molar-refractivity contribution is -0.139. The average Bonchev–Trinajstić information content (AvgIpc) is 2.36. The van der Waals surface area contributed by atoms with Crippen molar-refractivity contribution in [3.63, 3.8) is 0 Å². The zero-order valence-corrected chi connectivity index (χ0v) is 10.8. The average molecular weight is 266 g/mol. The molecule has 0 saturated carbocycles. The molecular weight excluding hydrogens is 248 g/mol. The molecule has 0 aliphatic rings. The Balaban J connectivity index is 2.68. The fourth-order valence-corrected chi connectivity index (χ4v) is 1.70. The third kappa shape index (κ3) is 4.97. The summed E-state index contributed by atoms with van der Waals surface area (Å²) in [6, 6.07) is 6.80. The van der Waals surface area contributed by atoms with Gasteiger partial charge in [-0.25, -0.2) is 0 Å². The number of rotatable bonds is 8. The van der Waals surface area contributed by atoms with Crippen molar-refractivity contribution in [3.8, 4) is 0 Å². The van der Waals surface area contributed by atoms with Gasteiger partial charge in [-0.05, 0) is 19.1 Å². The van der Waals surface area contributed by atoms with Gasteiger partial charge >= 0.3 is 5.97 Å². The molecule has 0 aromatic heterocycles. The molecule has 0 fully saturated rings. The second kappa shape index (κ2) is 7.38. The quantitative estimate of drug-likeness (QED) is 0.653. The van der Waals surface area contributed by atoms with Crippen LogP contribution in [0.2, 0.25) is 0 Å². The number of carboxylic acid groups (broad SMARTS) is 1. The molecule has 1 atom stereocenters. The Labute approximate surface area is 111 Å². The predicted octanol–water partition coefficient (Wildman–Crippen LogP) is 1.08. The third-order valence-electron chi connectivity index (χ3n) is 2.52. The van der Waals surface area contributed by atoms with Gasteiger partial charge in [0.05, 0.1) is 18.1 Å². The molecule has 1 aromatic carbocycles. The van der Waals surface area contributed by atoms with Crippen molar-refractivity contribution in [2.45, 2.75) is 19.4 Å². The van der Waals surface area contributed by atoms with Gasteiger partial charge in [0.2, 0.25) is 0 Å². The highest BCUT2D eigenvalue weighted by molar-refractivity contribution is 5.98. The molecule has 19 heavy (non-hydrogen) atoms. The molecule has 0 aliphatic carbocycles. The standard InChI is InChI=1S/C13H18N2O4/c1-2-19-9(7-12(16)17)8-15-11-6-4-3-5-10(11)13(14)18/h3-6,9,15H,2,7-8H2,1H3,(H2,14,18)(H,16,17). The summed E-state index contributed by atoms with van der Waals surface area (Å²) in [4.78, 5) is 21.9. The topological polar surface area (TPSA) is 102 Å². The number of carbonyl (C=O) groups is 2. The number of ether oxygens (including phenoxy) is 1. The number of aliphatic carboxylic acids is 1. The van der Waals surface area contributed by atoms with E-state index in [0.29, 0.717) is 24.4 Å². The SMILES string of the molecule is CCOC(CNc1ccccc1C(N)=O)CC(=O)O. The first-order chi connectivity index (χ1) is 9.04. The minimum absolute atomic E-state index is 0.0976. The van der Waals surface area contributed by atoms with E-state index in [2.05, 4.69) is 5.32 Å². The van der Waals surface area contributed by atoms with Crippen LogP contribution in [0.1, 0.15) is 23.7 Å². The van der Waals surface area contributed by atoms with Gasteiger partial charge in [0.1, 0.15) is 0 Å². The maximum absolute atomic E-state index is 11.2. The van der Waals surface area contributed by atoms with E-state index in [1.807, 2.05) is 0 Å². The van der Waals surface area contributed by atoms with Crippen molar-refractivity contribution >= 4 is 17.6 Å². The molecular formula is C13H18N2O4. The molecule has 0 heterocycles. The molecule has 1 unspecified atom stereocenters. The van der Waals surface area contributed by atoms with Gasteiger partial charge in [0.15, 0.2) is 0 Å². The Hall–Kier alpha value is -2.08. The number of hydrogen-bond donors (Lipinski definition) is 3. The summed E-state index contributed by atoms with van der Waals surface area (Å²) in [6.07, 6.45) is -0.553. The number of benzene rings is 1. The van der Waals surface area contributed by atoms with Crippen LogP contribution in [-0.2, 0) is 9.53 Å². The Morgan fingerprint density at radius 2 is 2.11 bits per heavy atom. The van der Waals surface area contributed by atoms with E-state index < -0.39 is 18.0 Å². The van der Waals surface area contributed by atoms with Gasteiger partial charge in [0, 0.05) is 18.8 Å². The lowest BCUT2D eigenvalue weighted by atomic mass is 10.1.